The predicted octanol–water partition coefficient (Wildman–Crippen LogP) is 2.96. The van der Waals surface area contributed by atoms with Crippen molar-refractivity contribution in [1.82, 2.24) is 19.9 Å². The molecule has 6 nitrogen and oxygen atoms in total. The van der Waals surface area contributed by atoms with E-state index >= 15 is 0 Å². The minimum atomic E-state index is -0.177. The third-order valence-electron chi connectivity index (χ3n) is 4.19. The van der Waals surface area contributed by atoms with Crippen LogP contribution in [0.15, 0.2) is 28.1 Å². The van der Waals surface area contributed by atoms with Gasteiger partial charge in [0.1, 0.15) is 11.6 Å². The highest BCUT2D eigenvalue weighted by Gasteiger charge is 2.24. The second kappa shape index (κ2) is 5.90. The number of hydrogen-bond donors (Lipinski definition) is 1. The molecule has 1 amide bonds. The summed E-state index contributed by atoms with van der Waals surface area (Å²) in [6.45, 7) is 4.51. The maximum Gasteiger partial charge on any atom is 0.273 e. The molecule has 0 radical (unpaired) electrons. The summed E-state index contributed by atoms with van der Waals surface area (Å²) in [5.74, 6) is 1.97. The van der Waals surface area contributed by atoms with Crippen molar-refractivity contribution < 1.29 is 9.21 Å². The quantitative estimate of drug-likeness (QED) is 0.794. The van der Waals surface area contributed by atoms with E-state index in [-0.39, 0.29) is 11.9 Å². The molecule has 0 aliphatic carbocycles. The lowest BCUT2D eigenvalue weighted by atomic mass is 10.1. The lowest BCUT2D eigenvalue weighted by Crippen LogP contribution is -2.41. The SMILES string of the molecule is Cc1cn2c(n1)CC[C@@H](NC(=O)c1nc(-c3cccs3)oc1C)C2. The monoisotopic (exact) mass is 342 g/mol. The molecule has 0 bridgehead atoms. The van der Waals surface area contributed by atoms with Crippen LogP contribution in [0.3, 0.4) is 0 Å². The average Bonchev–Trinajstić information content (AvgIpc) is 3.24. The van der Waals surface area contributed by atoms with Gasteiger partial charge in [-0.25, -0.2) is 9.97 Å². The second-order valence-corrected chi connectivity index (χ2v) is 7.01. The Kier molecular flexibility index (Phi) is 3.72. The maximum absolute atomic E-state index is 12.6. The Balaban J connectivity index is 1.49. The number of carbonyl (C=O) groups excluding carboxylic acids is 1. The molecule has 124 valence electrons. The molecule has 0 saturated heterocycles. The first-order valence-electron chi connectivity index (χ1n) is 7.95. The van der Waals surface area contributed by atoms with E-state index < -0.39 is 0 Å². The number of carbonyl (C=O) groups is 1. The third kappa shape index (κ3) is 2.75. The van der Waals surface area contributed by atoms with Crippen molar-refractivity contribution in [2.24, 2.45) is 0 Å². The molecule has 3 aromatic rings. The van der Waals surface area contributed by atoms with Crippen LogP contribution in [-0.2, 0) is 13.0 Å². The Morgan fingerprint density at radius 2 is 2.29 bits per heavy atom. The topological polar surface area (TPSA) is 73.0 Å². The number of imidazole rings is 1. The molecule has 1 aliphatic heterocycles. The number of nitrogens with zero attached hydrogens (tertiary/aromatic N) is 3. The Bertz CT molecular complexity index is 879. The van der Waals surface area contributed by atoms with Crippen LogP contribution in [0.4, 0.5) is 0 Å². The number of nitrogens with one attached hydrogen (secondary N) is 1. The fraction of sp³-hybridized carbons (Fsp3) is 0.353. The molecule has 0 unspecified atom stereocenters. The second-order valence-electron chi connectivity index (χ2n) is 6.06. The van der Waals surface area contributed by atoms with E-state index in [1.54, 1.807) is 18.3 Å². The number of oxazole rings is 1. The normalized spacial score (nSPS) is 16.8. The Hall–Kier alpha value is -2.41. The van der Waals surface area contributed by atoms with Gasteiger partial charge >= 0.3 is 0 Å². The molecule has 4 rings (SSSR count). The predicted molar refractivity (Wildman–Crippen MR) is 91.1 cm³/mol. The van der Waals surface area contributed by atoms with Crippen molar-refractivity contribution in [2.45, 2.75) is 39.3 Å². The molecule has 0 saturated carbocycles. The van der Waals surface area contributed by atoms with Crippen molar-refractivity contribution in [3.63, 3.8) is 0 Å². The zero-order chi connectivity index (χ0) is 16.7. The van der Waals surface area contributed by atoms with Crippen LogP contribution in [0.25, 0.3) is 10.8 Å². The maximum atomic E-state index is 12.6. The van der Waals surface area contributed by atoms with Gasteiger partial charge in [0, 0.05) is 25.2 Å². The third-order valence-corrected chi connectivity index (χ3v) is 5.05. The van der Waals surface area contributed by atoms with Gasteiger partial charge in [-0.3, -0.25) is 4.79 Å². The van der Waals surface area contributed by atoms with Crippen LogP contribution in [0, 0.1) is 13.8 Å². The van der Waals surface area contributed by atoms with Gasteiger partial charge in [-0.15, -0.1) is 11.3 Å². The van der Waals surface area contributed by atoms with Crippen LogP contribution in [0.2, 0.25) is 0 Å². The first kappa shape index (κ1) is 15.1. The molecule has 0 fully saturated rings. The van der Waals surface area contributed by atoms with E-state index in [2.05, 4.69) is 19.9 Å². The van der Waals surface area contributed by atoms with E-state index in [9.17, 15) is 4.79 Å². The van der Waals surface area contributed by atoms with E-state index in [1.165, 1.54) is 0 Å². The summed E-state index contributed by atoms with van der Waals surface area (Å²) < 4.78 is 7.77. The fourth-order valence-electron chi connectivity index (χ4n) is 3.07. The van der Waals surface area contributed by atoms with E-state index in [4.69, 9.17) is 4.42 Å². The molecule has 24 heavy (non-hydrogen) atoms. The zero-order valence-electron chi connectivity index (χ0n) is 13.6. The Morgan fingerprint density at radius 1 is 1.42 bits per heavy atom. The number of rotatable bonds is 3. The fourth-order valence-corrected chi connectivity index (χ4v) is 3.72. The molecule has 0 aromatic carbocycles. The Morgan fingerprint density at radius 3 is 3.08 bits per heavy atom. The lowest BCUT2D eigenvalue weighted by Gasteiger charge is -2.24. The molecule has 3 aromatic heterocycles. The molecule has 1 N–H and O–H groups in total. The van der Waals surface area contributed by atoms with Crippen LogP contribution in [-0.4, -0.2) is 26.5 Å². The molecular formula is C17H18N4O2S. The van der Waals surface area contributed by atoms with Crippen LogP contribution < -0.4 is 5.32 Å². The molecular weight excluding hydrogens is 324 g/mol. The summed E-state index contributed by atoms with van der Waals surface area (Å²) in [5.41, 5.74) is 1.39. The van der Waals surface area contributed by atoms with Gasteiger partial charge in [0.15, 0.2) is 5.69 Å². The van der Waals surface area contributed by atoms with Crippen molar-refractivity contribution in [3.8, 4) is 10.8 Å². The summed E-state index contributed by atoms with van der Waals surface area (Å²) >= 11 is 1.54. The summed E-state index contributed by atoms with van der Waals surface area (Å²) in [6, 6.07) is 3.95. The smallest absolute Gasteiger partial charge is 0.273 e. The minimum Gasteiger partial charge on any atom is -0.440 e. The van der Waals surface area contributed by atoms with Gasteiger partial charge in [0.25, 0.3) is 5.91 Å². The first-order valence-corrected chi connectivity index (χ1v) is 8.83. The number of fused-ring (bicyclic) bond motifs is 1. The zero-order valence-corrected chi connectivity index (χ0v) is 14.4. The lowest BCUT2D eigenvalue weighted by molar-refractivity contribution is 0.0921. The summed E-state index contributed by atoms with van der Waals surface area (Å²) in [5, 5.41) is 5.04. The van der Waals surface area contributed by atoms with Gasteiger partial charge in [0.2, 0.25) is 5.89 Å². The van der Waals surface area contributed by atoms with Crippen molar-refractivity contribution in [3.05, 3.63) is 46.7 Å². The highest BCUT2D eigenvalue weighted by Crippen LogP contribution is 2.26. The summed E-state index contributed by atoms with van der Waals surface area (Å²) in [6.07, 6.45) is 3.79. The molecule has 4 heterocycles. The highest BCUT2D eigenvalue weighted by molar-refractivity contribution is 7.13. The summed E-state index contributed by atoms with van der Waals surface area (Å²) in [4.78, 5) is 22.4. The number of aryl methyl sites for hydroxylation is 3. The van der Waals surface area contributed by atoms with Crippen LogP contribution in [0.1, 0.15) is 34.2 Å². The number of amides is 1. The largest absolute Gasteiger partial charge is 0.440 e. The van der Waals surface area contributed by atoms with Gasteiger partial charge in [-0.05, 0) is 31.7 Å². The van der Waals surface area contributed by atoms with Gasteiger partial charge in [0.05, 0.1) is 10.6 Å². The molecule has 0 spiro atoms. The molecule has 7 heteroatoms. The van der Waals surface area contributed by atoms with Crippen LogP contribution in [0.5, 0.6) is 0 Å². The first-order chi connectivity index (χ1) is 11.6. The standard InChI is InChI=1S/C17H18N4O2S/c1-10-8-21-9-12(5-6-14(21)18-10)19-16(22)15-11(2)23-17(20-15)13-4-3-7-24-13/h3-4,7-8,12H,5-6,9H2,1-2H3,(H,19,22)/t12-/m1/s1. The van der Waals surface area contributed by atoms with E-state index in [1.807, 2.05) is 30.6 Å². The van der Waals surface area contributed by atoms with Crippen molar-refractivity contribution >= 4 is 17.2 Å². The van der Waals surface area contributed by atoms with Gasteiger partial charge < -0.3 is 14.3 Å². The molecule has 1 aliphatic rings. The molecule has 1 atom stereocenters. The van der Waals surface area contributed by atoms with E-state index in [0.29, 0.717) is 17.3 Å². The van der Waals surface area contributed by atoms with Crippen molar-refractivity contribution in [2.75, 3.05) is 0 Å². The van der Waals surface area contributed by atoms with E-state index in [0.717, 1.165) is 35.8 Å². The number of aromatic nitrogens is 3. The number of hydrogen-bond acceptors (Lipinski definition) is 5. The van der Waals surface area contributed by atoms with Crippen LogP contribution >= 0.6 is 11.3 Å². The minimum absolute atomic E-state index is 0.0832. The van der Waals surface area contributed by atoms with Crippen molar-refractivity contribution in [1.29, 1.82) is 0 Å². The highest BCUT2D eigenvalue weighted by atomic mass is 32.1. The average molecular weight is 342 g/mol. The Labute approximate surface area is 143 Å². The van der Waals surface area contributed by atoms with Gasteiger partial charge in [-0.1, -0.05) is 6.07 Å². The number of thiophene rings is 1. The van der Waals surface area contributed by atoms with Gasteiger partial charge in [-0.2, -0.15) is 0 Å². The summed E-state index contributed by atoms with van der Waals surface area (Å²) in [7, 11) is 0.